The quantitative estimate of drug-likeness (QED) is 0.0194. The van der Waals surface area contributed by atoms with Crippen LogP contribution in [-0.4, -0.2) is 282 Å². The van der Waals surface area contributed by atoms with Crippen LogP contribution in [0.5, 0.6) is 0 Å². The van der Waals surface area contributed by atoms with Crippen molar-refractivity contribution in [3.63, 3.8) is 0 Å². The Bertz CT molecular complexity index is 4420. The number of nitrogens with zero attached hydrogens (tertiary/aromatic N) is 6. The number of benzene rings is 6. The second-order valence-electron chi connectivity index (χ2n) is 30.5. The van der Waals surface area contributed by atoms with Crippen molar-refractivity contribution in [1.29, 1.82) is 0 Å². The fourth-order valence-electron chi connectivity index (χ4n) is 14.8. The van der Waals surface area contributed by atoms with Crippen LogP contribution in [0.4, 0.5) is 4.79 Å². The average Bonchev–Trinajstić information content (AvgIpc) is 0.780. The Morgan fingerprint density at radius 3 is 1.07 bits per heavy atom. The van der Waals surface area contributed by atoms with Crippen LogP contribution in [-0.2, 0) is 97.3 Å². The van der Waals surface area contributed by atoms with Crippen molar-refractivity contribution in [2.75, 3.05) is 187 Å². The van der Waals surface area contributed by atoms with Crippen molar-refractivity contribution in [2.24, 2.45) is 0 Å². The number of carbonyl (C=O) groups is 5. The number of ether oxygens (including phenoxy) is 6. The molecule has 3 heterocycles. The van der Waals surface area contributed by atoms with Gasteiger partial charge in [0.15, 0.2) is 0 Å². The van der Waals surface area contributed by atoms with Crippen LogP contribution >= 0.6 is 58.0 Å². The van der Waals surface area contributed by atoms with E-state index >= 15 is 0 Å². The molecular weight excluding hydrogens is 1710 g/mol. The van der Waals surface area contributed by atoms with Crippen LogP contribution in [0.25, 0.3) is 0 Å². The van der Waals surface area contributed by atoms with Crippen LogP contribution in [0.3, 0.4) is 0 Å². The summed E-state index contributed by atoms with van der Waals surface area (Å²) in [6, 6.07) is 30.7. The Morgan fingerprint density at radius 2 is 0.750 bits per heavy atom. The number of urea groups is 1. The normalized spacial score (nSPS) is 16.0. The van der Waals surface area contributed by atoms with Crippen LogP contribution in [0, 0.1) is 6.92 Å². The minimum Gasteiger partial charge on any atom is -0.480 e. The Hall–Kier alpha value is -6.71. The summed E-state index contributed by atoms with van der Waals surface area (Å²) in [5, 5.41) is 17.5. The zero-order chi connectivity index (χ0) is 86.9. The molecule has 29 nitrogen and oxygen atoms in total. The summed E-state index contributed by atoms with van der Waals surface area (Å²) in [6.07, 6.45) is -0.859. The maximum atomic E-state index is 14.0. The fraction of sp³-hybridized carbons (Fsp3) is 0.506. The molecule has 37 heteroatoms. The first-order valence-corrected chi connectivity index (χ1v) is 46.0. The molecule has 0 saturated carbocycles. The van der Waals surface area contributed by atoms with E-state index in [9.17, 15) is 54.3 Å². The van der Waals surface area contributed by atoms with Gasteiger partial charge in [-0.25, -0.2) is 44.2 Å². The number of carboxylic acid groups (broad SMARTS) is 1. The molecule has 9 rings (SSSR count). The van der Waals surface area contributed by atoms with Gasteiger partial charge >= 0.3 is 12.0 Å². The summed E-state index contributed by atoms with van der Waals surface area (Å²) >= 11 is 32.7. The summed E-state index contributed by atoms with van der Waals surface area (Å²) in [5.41, 5.74) is 7.91. The third-order valence-electron chi connectivity index (χ3n) is 21.3. The van der Waals surface area contributed by atoms with Gasteiger partial charge < -0.3 is 73.6 Å². The molecule has 5 amide bonds. The number of fused-ring (bicyclic) bond motifs is 3. The Labute approximate surface area is 729 Å². The van der Waals surface area contributed by atoms with E-state index in [2.05, 4.69) is 45.6 Å². The number of likely N-dealkylation sites (N-methyl/N-ethyl adjacent to an activating group) is 6. The third kappa shape index (κ3) is 28.9. The molecule has 0 bridgehead atoms. The van der Waals surface area contributed by atoms with Gasteiger partial charge in [-0.3, -0.25) is 19.2 Å². The lowest BCUT2D eigenvalue weighted by Crippen LogP contribution is -2.54. The summed E-state index contributed by atoms with van der Waals surface area (Å²) in [5.74, 6) is -2.88. The lowest BCUT2D eigenvalue weighted by atomic mass is 9.83. The van der Waals surface area contributed by atoms with Gasteiger partial charge in [0.1, 0.15) is 6.54 Å². The minimum absolute atomic E-state index is 0.00877. The maximum Gasteiger partial charge on any atom is 0.323 e. The molecule has 0 aromatic heterocycles. The first-order valence-electron chi connectivity index (χ1n) is 39.7. The van der Waals surface area contributed by atoms with Gasteiger partial charge in [0.25, 0.3) is 0 Å². The lowest BCUT2D eigenvalue weighted by Gasteiger charge is -2.36. The Morgan fingerprint density at radius 1 is 0.442 bits per heavy atom. The van der Waals surface area contributed by atoms with Crippen molar-refractivity contribution in [2.45, 2.75) is 103 Å². The number of hydrogen-bond acceptors (Lipinski definition) is 20. The predicted molar refractivity (Wildman–Crippen MR) is 461 cm³/mol. The zero-order valence-electron chi connectivity index (χ0n) is 68.7. The van der Waals surface area contributed by atoms with Crippen LogP contribution in [0.1, 0.15) is 112 Å². The van der Waals surface area contributed by atoms with Gasteiger partial charge in [-0.05, 0) is 170 Å². The number of aliphatic carboxylic acids is 1. The smallest absolute Gasteiger partial charge is 0.323 e. The van der Waals surface area contributed by atoms with Crippen molar-refractivity contribution < 1.29 is 82.8 Å². The summed E-state index contributed by atoms with van der Waals surface area (Å²) in [7, 11) is -1.12. The lowest BCUT2D eigenvalue weighted by molar-refractivity contribution is -0.136. The molecule has 0 radical (unpaired) electrons. The van der Waals surface area contributed by atoms with E-state index in [-0.39, 0.29) is 207 Å². The molecule has 6 aromatic carbocycles. The summed E-state index contributed by atoms with van der Waals surface area (Å²) in [4.78, 5) is 78.3. The van der Waals surface area contributed by atoms with Crippen LogP contribution in [0.15, 0.2) is 124 Å². The van der Waals surface area contributed by atoms with Crippen molar-refractivity contribution in [3.8, 4) is 0 Å². The largest absolute Gasteiger partial charge is 0.480 e. The second kappa shape index (κ2) is 46.3. The molecule has 658 valence electrons. The number of aryl methyl sites for hydroxylation is 1. The molecule has 0 unspecified atom stereocenters. The zero-order valence-corrected chi connectivity index (χ0v) is 75.0. The molecular formula is C83H110Cl5N11O18S3. The maximum absolute atomic E-state index is 14.0. The number of nitrogens with one attached hydrogen (secondary N) is 5. The minimum atomic E-state index is -3.93. The van der Waals surface area contributed by atoms with Crippen molar-refractivity contribution in [1.82, 2.24) is 54.2 Å². The summed E-state index contributed by atoms with van der Waals surface area (Å²) < 4.78 is 123. The third-order valence-corrected chi connectivity index (χ3v) is 27.1. The molecule has 3 aliphatic rings. The number of halogens is 5. The highest BCUT2D eigenvalue weighted by atomic mass is 35.5. The van der Waals surface area contributed by atoms with E-state index in [4.69, 9.17) is 86.4 Å². The van der Waals surface area contributed by atoms with Crippen LogP contribution < -0.4 is 24.8 Å². The number of sulfonamides is 3. The summed E-state index contributed by atoms with van der Waals surface area (Å²) in [6.45, 7) is 6.50. The first-order chi connectivity index (χ1) is 57.1. The molecule has 6 aromatic rings. The average molecular weight is 1820 g/mol. The fourth-order valence-corrected chi connectivity index (χ4v) is 19.5. The van der Waals surface area contributed by atoms with Gasteiger partial charge in [-0.15, -0.1) is 0 Å². The SMILES string of the molecule is Cc1cc(Cl)c2c(c1)[C@H](c1cccc(S(=O)(=O)NCCOCCOCCN(C)C(=O)CCC(CCC(=O)N(C)CCOCCOCCNS(=O)(=O)c3cccc([C@@H]4CN(C)Cc5c(Cl)cc(Cl)cc54)c3)(CCC(=O)N(C)CCOCCOCCNS(=O)(=O)c3cccc([C@@H]4CN(C)Cc5c(Cl)cc(Cl)cc54)c3)NC(=O)NCC(=O)O)c1)CN(C)C2. The number of carboxylic acids is 1. The monoisotopic (exact) mass is 1820 g/mol. The predicted octanol–water partition coefficient (Wildman–Crippen LogP) is 9.17. The highest BCUT2D eigenvalue weighted by Gasteiger charge is 2.37. The topological polar surface area (TPSA) is 343 Å². The molecule has 0 fully saturated rings. The van der Waals surface area contributed by atoms with Crippen LogP contribution in [0.2, 0.25) is 25.1 Å². The molecule has 3 atom stereocenters. The van der Waals surface area contributed by atoms with Gasteiger partial charge in [-0.2, -0.15) is 0 Å². The van der Waals surface area contributed by atoms with E-state index < -0.39 is 54.2 Å². The van der Waals surface area contributed by atoms with Crippen molar-refractivity contribution >= 4 is 118 Å². The van der Waals surface area contributed by atoms with Gasteiger partial charge in [-0.1, -0.05) is 100 Å². The molecule has 0 aliphatic carbocycles. The van der Waals surface area contributed by atoms with E-state index in [0.29, 0.717) is 64.4 Å². The van der Waals surface area contributed by atoms with E-state index in [1.54, 1.807) is 75.7 Å². The number of hydrogen-bond donors (Lipinski definition) is 6. The highest BCUT2D eigenvalue weighted by Crippen LogP contribution is 2.42. The molecule has 6 N–H and O–H groups in total. The standard InChI is InChI=1S/C83H110Cl5N11O18S3/c1-57-41-66-69(51-94(2)54-72(66)75(86)42-57)58-11-8-14-63(43-58)118(106,107)90-23-29-112-35-38-115-32-26-97(5)78(100)17-20-83(93-82(105)89-50-81(103)104,21-18-79(101)98(6)27-33-116-39-36-113-30-24-91-119(108,109)64-15-9-12-59(44-64)70-52-95(3)55-73-67(70)46-61(84)48-76(73)87)22-19-80(102)99(7)28-34-117-40-37-114-31-25-92-120(110,111)65-16-10-13-60(45-65)71-53-96(4)56-74-68(71)47-62(85)49-77(74)88/h8-16,41-49,69-71,90-92H,17-40,50-56H2,1-7H3,(H,103,104)(H2,89,93,105)/t69-,70-,71-/m0/s1. The molecule has 3 aliphatic heterocycles. The Balaban J connectivity index is 0.729. The number of carbonyl (C=O) groups excluding carboxylic acids is 4. The van der Waals surface area contributed by atoms with Crippen molar-refractivity contribution in [3.05, 3.63) is 190 Å². The van der Waals surface area contributed by atoms with E-state index in [0.717, 1.165) is 55.6 Å². The second-order valence-corrected chi connectivity index (χ2v) is 37.9. The molecule has 120 heavy (non-hydrogen) atoms. The molecule has 0 spiro atoms. The van der Waals surface area contributed by atoms with E-state index in [1.807, 2.05) is 64.5 Å². The Kier molecular flexibility index (Phi) is 37.5. The van der Waals surface area contributed by atoms with Gasteiger partial charge in [0.2, 0.25) is 47.8 Å². The molecule has 0 saturated heterocycles. The number of amides is 5. The number of rotatable bonds is 48. The first kappa shape index (κ1) is 97.1. The van der Waals surface area contributed by atoms with Gasteiger partial charge in [0.05, 0.1) is 94.0 Å². The van der Waals surface area contributed by atoms with Gasteiger partial charge in [0, 0.05) is 167 Å². The van der Waals surface area contributed by atoms with E-state index in [1.165, 1.54) is 26.8 Å². The highest BCUT2D eigenvalue weighted by molar-refractivity contribution is 7.90.